The number of ether oxygens (including phenoxy) is 3. The first kappa shape index (κ1) is 45.3. The first-order chi connectivity index (χ1) is 22.5. The monoisotopic (exact) mass is 670 g/mol. The van der Waals surface area contributed by atoms with Crippen LogP contribution in [-0.2, 0) is 43.0 Å². The molecule has 1 aliphatic heterocycles. The molecule has 1 aliphatic rings. The molecule has 47 heavy (non-hydrogen) atoms. The average Bonchev–Trinajstić information content (AvgIpc) is 3.36. The lowest BCUT2D eigenvalue weighted by Gasteiger charge is -2.12. The van der Waals surface area contributed by atoms with Gasteiger partial charge in [0, 0.05) is 0 Å². The van der Waals surface area contributed by atoms with Gasteiger partial charge in [0.1, 0.15) is 13.2 Å². The first-order valence-corrected chi connectivity index (χ1v) is 16.1. The molecule has 3 atom stereocenters. The molecule has 0 amide bonds. The summed E-state index contributed by atoms with van der Waals surface area (Å²) in [6, 6.07) is 0. The second kappa shape index (κ2) is 30.8. The third kappa shape index (κ3) is 27.0. The summed E-state index contributed by atoms with van der Waals surface area (Å²) in [6.07, 6.45) is 17.8. The summed E-state index contributed by atoms with van der Waals surface area (Å²) in [6.45, 7) is 5.44. The van der Waals surface area contributed by atoms with Crippen LogP contribution < -0.4 is 0 Å². The van der Waals surface area contributed by atoms with E-state index in [0.29, 0.717) is 6.42 Å². The van der Waals surface area contributed by atoms with Crippen LogP contribution >= 0.6 is 0 Å². The zero-order valence-electron chi connectivity index (χ0n) is 28.0. The van der Waals surface area contributed by atoms with Gasteiger partial charge in [0.25, 0.3) is 0 Å². The van der Waals surface area contributed by atoms with Crippen LogP contribution in [0, 0.1) is 17.8 Å². The maximum atomic E-state index is 11.8. The van der Waals surface area contributed by atoms with E-state index in [2.05, 4.69) is 11.7 Å². The van der Waals surface area contributed by atoms with Crippen molar-refractivity contribution in [2.75, 3.05) is 26.4 Å². The van der Waals surface area contributed by atoms with Crippen LogP contribution in [-0.4, -0.2) is 82.7 Å². The standard InChI is InChI=1S/C22H34O8.C10H14O3.C2H6O2/c1-3-5-7-9-11-17(21(25)26)15-19(23)29-13-14-30-20(24)16-18(22(27)28)12-10-8-6-4-2;1-2-3-4-5-6-8-7-9(11)13-10(8)12;3-1-2-4/h7-10,17-18H,3-6,11-16H2,1-2H3,(H,25,26)(H,27,28);4-5,8H,2-3,6-7H2,1H3;3-4H,1-2H2/b9-7+,10-8+;5-4+;. The van der Waals surface area contributed by atoms with Gasteiger partial charge in [0.2, 0.25) is 0 Å². The fourth-order valence-electron chi connectivity index (χ4n) is 3.71. The Morgan fingerprint density at radius 3 is 1.45 bits per heavy atom. The highest BCUT2D eigenvalue weighted by Crippen LogP contribution is 2.20. The first-order valence-electron chi connectivity index (χ1n) is 16.1. The number of allylic oxidation sites excluding steroid dienone is 6. The molecule has 268 valence electrons. The normalized spacial score (nSPS) is 15.4. The lowest BCUT2D eigenvalue weighted by Crippen LogP contribution is -2.22. The van der Waals surface area contributed by atoms with Crippen LogP contribution in [0.25, 0.3) is 0 Å². The number of aliphatic hydroxyl groups excluding tert-OH is 2. The van der Waals surface area contributed by atoms with Crippen LogP contribution in [0.1, 0.15) is 97.8 Å². The van der Waals surface area contributed by atoms with Crippen molar-refractivity contribution in [3.63, 3.8) is 0 Å². The number of aliphatic hydroxyl groups is 2. The minimum atomic E-state index is -1.08. The van der Waals surface area contributed by atoms with E-state index >= 15 is 0 Å². The molecule has 1 fully saturated rings. The van der Waals surface area contributed by atoms with E-state index in [0.717, 1.165) is 38.5 Å². The van der Waals surface area contributed by atoms with Crippen LogP contribution in [0.2, 0.25) is 0 Å². The Kier molecular flexibility index (Phi) is 29.7. The second-order valence-corrected chi connectivity index (χ2v) is 10.5. The van der Waals surface area contributed by atoms with Gasteiger partial charge >= 0.3 is 35.8 Å². The van der Waals surface area contributed by atoms with Crippen LogP contribution in [0.5, 0.6) is 0 Å². The number of carbonyl (C=O) groups excluding carboxylic acids is 4. The highest BCUT2D eigenvalue weighted by molar-refractivity contribution is 5.94. The van der Waals surface area contributed by atoms with Gasteiger partial charge in [-0.25, -0.2) is 0 Å². The number of carboxylic acids is 2. The molecule has 0 spiro atoms. The molecule has 0 aromatic rings. The fraction of sp³-hybridized carbons (Fsp3) is 0.647. The average molecular weight is 671 g/mol. The highest BCUT2D eigenvalue weighted by atomic mass is 16.6. The van der Waals surface area contributed by atoms with E-state index in [9.17, 15) is 39.0 Å². The molecule has 13 heteroatoms. The smallest absolute Gasteiger partial charge is 0.317 e. The Hall–Kier alpha value is -3.84. The highest BCUT2D eigenvalue weighted by Gasteiger charge is 2.32. The molecule has 4 N–H and O–H groups in total. The Bertz CT molecular complexity index is 946. The van der Waals surface area contributed by atoms with E-state index < -0.39 is 35.7 Å². The molecule has 13 nitrogen and oxygen atoms in total. The van der Waals surface area contributed by atoms with E-state index in [1.54, 1.807) is 12.2 Å². The number of cyclic esters (lactones) is 2. The van der Waals surface area contributed by atoms with Gasteiger partial charge in [0.15, 0.2) is 0 Å². The molecule has 1 saturated heterocycles. The van der Waals surface area contributed by atoms with Crippen molar-refractivity contribution in [1.82, 2.24) is 0 Å². The number of aliphatic carboxylic acids is 2. The summed E-state index contributed by atoms with van der Waals surface area (Å²) in [5.41, 5.74) is 0. The molecule has 0 bridgehead atoms. The van der Waals surface area contributed by atoms with Gasteiger partial charge in [-0.1, -0.05) is 76.5 Å². The summed E-state index contributed by atoms with van der Waals surface area (Å²) in [7, 11) is 0. The number of rotatable bonds is 22. The van der Waals surface area contributed by atoms with Crippen LogP contribution in [0.15, 0.2) is 36.5 Å². The van der Waals surface area contributed by atoms with Gasteiger partial charge in [-0.15, -0.1) is 0 Å². The Labute approximate surface area is 277 Å². The summed E-state index contributed by atoms with van der Waals surface area (Å²) in [4.78, 5) is 67.7. The summed E-state index contributed by atoms with van der Waals surface area (Å²) in [5, 5.41) is 33.6. The minimum absolute atomic E-state index is 0.125. The summed E-state index contributed by atoms with van der Waals surface area (Å²) >= 11 is 0. The predicted molar refractivity (Wildman–Crippen MR) is 173 cm³/mol. The number of esters is 4. The van der Waals surface area contributed by atoms with Crippen molar-refractivity contribution < 1.29 is 63.4 Å². The van der Waals surface area contributed by atoms with Crippen molar-refractivity contribution in [2.24, 2.45) is 17.8 Å². The summed E-state index contributed by atoms with van der Waals surface area (Å²) in [5.74, 6) is -6.26. The molecule has 0 aliphatic carbocycles. The third-order valence-electron chi connectivity index (χ3n) is 6.32. The second-order valence-electron chi connectivity index (χ2n) is 10.5. The van der Waals surface area contributed by atoms with Crippen molar-refractivity contribution in [3.05, 3.63) is 36.5 Å². The minimum Gasteiger partial charge on any atom is -0.481 e. The summed E-state index contributed by atoms with van der Waals surface area (Å²) < 4.78 is 14.2. The fourth-order valence-corrected chi connectivity index (χ4v) is 3.71. The lowest BCUT2D eigenvalue weighted by atomic mass is 10.0. The topological polar surface area (TPSA) is 211 Å². The molecule has 3 unspecified atom stereocenters. The maximum Gasteiger partial charge on any atom is 0.317 e. The number of hydrogen-bond donors (Lipinski definition) is 4. The van der Waals surface area contributed by atoms with E-state index in [1.165, 1.54) is 0 Å². The predicted octanol–water partition coefficient (Wildman–Crippen LogP) is 4.54. The van der Waals surface area contributed by atoms with Crippen molar-refractivity contribution >= 4 is 35.8 Å². The third-order valence-corrected chi connectivity index (χ3v) is 6.32. The molecule has 0 aromatic carbocycles. The number of hydrogen-bond acceptors (Lipinski definition) is 11. The largest absolute Gasteiger partial charge is 0.481 e. The SMILES string of the molecule is CCC/C=C/CC(CC(=O)OCCOC(=O)CC(C/C=C/CCC)C(=O)O)C(=O)O.CCC/C=C/CC1CC(=O)OC1=O.OCCO. The van der Waals surface area contributed by atoms with Gasteiger partial charge in [-0.05, 0) is 38.5 Å². The molecule has 1 rings (SSSR count). The Balaban J connectivity index is 0. The van der Waals surface area contributed by atoms with Gasteiger partial charge < -0.3 is 34.6 Å². The molecular formula is C34H54O13. The molecule has 0 saturated carbocycles. The van der Waals surface area contributed by atoms with Gasteiger partial charge in [-0.2, -0.15) is 0 Å². The van der Waals surface area contributed by atoms with E-state index in [1.807, 2.05) is 38.2 Å². The number of carbonyl (C=O) groups is 6. The molecule has 0 radical (unpaired) electrons. The molecule has 0 aromatic heterocycles. The Morgan fingerprint density at radius 2 is 1.13 bits per heavy atom. The van der Waals surface area contributed by atoms with Gasteiger partial charge in [-0.3, -0.25) is 28.8 Å². The van der Waals surface area contributed by atoms with Crippen molar-refractivity contribution in [1.29, 1.82) is 0 Å². The molecular weight excluding hydrogens is 616 g/mol. The molecule has 1 heterocycles. The zero-order chi connectivity index (χ0) is 35.9. The maximum absolute atomic E-state index is 11.8. The van der Waals surface area contributed by atoms with Crippen LogP contribution in [0.4, 0.5) is 0 Å². The lowest BCUT2D eigenvalue weighted by molar-refractivity contribution is -0.157. The van der Waals surface area contributed by atoms with Crippen molar-refractivity contribution in [2.45, 2.75) is 97.8 Å². The van der Waals surface area contributed by atoms with E-state index in [4.69, 9.17) is 19.7 Å². The van der Waals surface area contributed by atoms with E-state index in [-0.39, 0.29) is 76.4 Å². The van der Waals surface area contributed by atoms with Crippen molar-refractivity contribution in [3.8, 4) is 0 Å². The van der Waals surface area contributed by atoms with Crippen LogP contribution in [0.3, 0.4) is 0 Å². The van der Waals surface area contributed by atoms with Gasteiger partial charge in [0.05, 0.1) is 50.2 Å². The Morgan fingerprint density at radius 1 is 0.723 bits per heavy atom. The number of carboxylic acid groups (broad SMARTS) is 2. The quantitative estimate of drug-likeness (QED) is 0.0410. The number of unbranched alkanes of at least 4 members (excludes halogenated alkanes) is 3. The zero-order valence-corrected chi connectivity index (χ0v) is 28.0.